The van der Waals surface area contributed by atoms with Crippen molar-refractivity contribution in [1.29, 1.82) is 0 Å². The zero-order valence-corrected chi connectivity index (χ0v) is 18.2. The summed E-state index contributed by atoms with van der Waals surface area (Å²) in [7, 11) is -2.77. The van der Waals surface area contributed by atoms with Crippen molar-refractivity contribution in [2.45, 2.75) is 106 Å². The van der Waals surface area contributed by atoms with Crippen molar-refractivity contribution < 1.29 is 8.42 Å². The molecule has 0 aromatic heterocycles. The Bertz CT molecular complexity index is 355. The van der Waals surface area contributed by atoms with Crippen molar-refractivity contribution in [3.8, 4) is 0 Å². The van der Waals surface area contributed by atoms with Crippen LogP contribution in [0.4, 0.5) is 0 Å². The normalized spacial score (nSPS) is 29.1. The molecule has 0 atom stereocenters. The average molecular weight is 349 g/mol. The molecule has 0 heterocycles. The molecule has 2 fully saturated rings. The molecule has 0 aliphatic heterocycles. The van der Waals surface area contributed by atoms with Gasteiger partial charge in [-0.15, -0.1) is 0 Å². The van der Waals surface area contributed by atoms with Crippen LogP contribution in [-0.4, -0.2) is 19.9 Å². The summed E-state index contributed by atoms with van der Waals surface area (Å²) in [6, 6.07) is 0. The van der Waals surface area contributed by atoms with E-state index >= 15 is 0 Å². The van der Waals surface area contributed by atoms with Crippen LogP contribution in [0, 0.1) is 17.3 Å². The molecule has 2 aliphatic rings. The topological polar surface area (TPSA) is 34.1 Å². The fourth-order valence-electron chi connectivity index (χ4n) is 3.46. The van der Waals surface area contributed by atoms with E-state index in [2.05, 4.69) is 27.7 Å². The Hall–Kier alpha value is -0.0500. The van der Waals surface area contributed by atoms with Gasteiger partial charge in [0.05, 0.1) is 5.25 Å². The molecule has 2 saturated carbocycles. The van der Waals surface area contributed by atoms with Gasteiger partial charge in [-0.25, -0.2) is 8.42 Å². The highest BCUT2D eigenvalue weighted by atomic mass is 32.2. The molecule has 0 unspecified atom stereocenters. The van der Waals surface area contributed by atoms with Crippen LogP contribution in [-0.2, 0) is 9.84 Å². The first kappa shape index (κ1) is 25.2. The highest BCUT2D eigenvalue weighted by Gasteiger charge is 2.45. The lowest BCUT2D eigenvalue weighted by Crippen LogP contribution is -2.41. The van der Waals surface area contributed by atoms with Crippen LogP contribution in [0.25, 0.3) is 0 Å². The van der Waals surface area contributed by atoms with Gasteiger partial charge < -0.3 is 0 Å². The smallest absolute Gasteiger partial charge is 0.150 e. The largest absolute Gasteiger partial charge is 0.229 e. The van der Waals surface area contributed by atoms with E-state index in [1.165, 1.54) is 25.5 Å². The van der Waals surface area contributed by atoms with Gasteiger partial charge in [0.25, 0.3) is 0 Å². The summed E-state index contributed by atoms with van der Waals surface area (Å²) < 4.78 is 22.7. The van der Waals surface area contributed by atoms with Crippen molar-refractivity contribution in [2.75, 3.05) is 6.26 Å². The first-order valence-electron chi connectivity index (χ1n) is 9.87. The molecule has 0 aromatic carbocycles. The van der Waals surface area contributed by atoms with Gasteiger partial charge >= 0.3 is 0 Å². The third-order valence-electron chi connectivity index (χ3n) is 4.98. The lowest BCUT2D eigenvalue weighted by molar-refractivity contribution is 0.0254. The summed E-state index contributed by atoms with van der Waals surface area (Å²) >= 11 is 0. The minimum Gasteiger partial charge on any atom is -0.229 e. The molecule has 0 N–H and O–H groups in total. The van der Waals surface area contributed by atoms with Gasteiger partial charge in [0, 0.05) is 6.26 Å². The SMILES string of the molecule is CC.CC.CC1CC2(CCC(S(C)(=O)=O)CC2)C1.CCC(C)C. The van der Waals surface area contributed by atoms with E-state index in [1.807, 2.05) is 27.7 Å². The molecule has 2 rings (SSSR count). The molecule has 23 heavy (non-hydrogen) atoms. The highest BCUT2D eigenvalue weighted by molar-refractivity contribution is 7.91. The van der Waals surface area contributed by atoms with Gasteiger partial charge in [0.2, 0.25) is 0 Å². The Morgan fingerprint density at radius 3 is 1.57 bits per heavy atom. The first-order valence-corrected chi connectivity index (χ1v) is 11.8. The van der Waals surface area contributed by atoms with E-state index in [0.29, 0.717) is 5.41 Å². The van der Waals surface area contributed by atoms with E-state index in [4.69, 9.17) is 0 Å². The number of hydrogen-bond acceptors (Lipinski definition) is 2. The Balaban J connectivity index is 0. The summed E-state index contributed by atoms with van der Waals surface area (Å²) in [6.45, 7) is 16.9. The molecule has 0 amide bonds. The molecule has 2 nitrogen and oxygen atoms in total. The average Bonchev–Trinajstić information content (AvgIpc) is 2.50. The molecular weight excluding hydrogens is 304 g/mol. The fourth-order valence-corrected chi connectivity index (χ4v) is 4.55. The maximum absolute atomic E-state index is 11.4. The van der Waals surface area contributed by atoms with E-state index < -0.39 is 9.84 Å². The second kappa shape index (κ2) is 12.3. The molecule has 0 bridgehead atoms. The van der Waals surface area contributed by atoms with Crippen molar-refractivity contribution in [1.82, 2.24) is 0 Å². The monoisotopic (exact) mass is 348 g/mol. The van der Waals surface area contributed by atoms with Crippen LogP contribution < -0.4 is 0 Å². The molecule has 142 valence electrons. The van der Waals surface area contributed by atoms with Gasteiger partial charge in [0.1, 0.15) is 9.84 Å². The molecule has 1 spiro atoms. The van der Waals surface area contributed by atoms with Crippen molar-refractivity contribution in [2.24, 2.45) is 17.3 Å². The summed E-state index contributed by atoms with van der Waals surface area (Å²) in [5.74, 6) is 1.76. The standard InChI is InChI=1S/C11H20O2S.C5H12.2C2H6/c1-9-7-11(8-9)5-3-10(4-6-11)14(2,12)13;1-4-5(2)3;2*1-2/h9-10H,3-8H2,1-2H3;5H,4H2,1-3H3;2*1-2H3. The molecule has 0 aromatic rings. The predicted molar refractivity (Wildman–Crippen MR) is 106 cm³/mol. The Morgan fingerprint density at radius 1 is 1.00 bits per heavy atom. The number of sulfone groups is 1. The molecular formula is C20H44O2S. The summed E-state index contributed by atoms with van der Waals surface area (Å²) in [5, 5.41) is -0.0379. The third kappa shape index (κ3) is 9.74. The maximum atomic E-state index is 11.4. The maximum Gasteiger partial charge on any atom is 0.150 e. The third-order valence-corrected chi connectivity index (χ3v) is 6.66. The van der Waals surface area contributed by atoms with Crippen LogP contribution in [0.5, 0.6) is 0 Å². The van der Waals surface area contributed by atoms with E-state index in [-0.39, 0.29) is 5.25 Å². The lowest BCUT2D eigenvalue weighted by atomic mass is 9.56. The van der Waals surface area contributed by atoms with Gasteiger partial charge in [-0.2, -0.15) is 0 Å². The Labute approximate surface area is 147 Å². The Kier molecular flexibility index (Phi) is 13.5. The van der Waals surface area contributed by atoms with E-state index in [0.717, 1.165) is 37.5 Å². The van der Waals surface area contributed by atoms with E-state index in [1.54, 1.807) is 0 Å². The van der Waals surface area contributed by atoms with Crippen molar-refractivity contribution in [3.63, 3.8) is 0 Å². The number of hydrogen-bond donors (Lipinski definition) is 0. The number of rotatable bonds is 2. The van der Waals surface area contributed by atoms with Gasteiger partial charge in [-0.3, -0.25) is 0 Å². The van der Waals surface area contributed by atoms with Gasteiger partial charge in [-0.05, 0) is 55.8 Å². The van der Waals surface area contributed by atoms with Gasteiger partial charge in [-0.1, -0.05) is 61.8 Å². The van der Waals surface area contributed by atoms with Crippen molar-refractivity contribution in [3.05, 3.63) is 0 Å². The summed E-state index contributed by atoms with van der Waals surface area (Å²) in [4.78, 5) is 0. The van der Waals surface area contributed by atoms with Crippen molar-refractivity contribution >= 4 is 9.84 Å². The summed E-state index contributed by atoms with van der Waals surface area (Å²) in [6.07, 6.45) is 9.48. The predicted octanol–water partition coefficient (Wildman–Crippen LogP) is 6.49. The summed E-state index contributed by atoms with van der Waals surface area (Å²) in [5.41, 5.74) is 0.556. The fraction of sp³-hybridized carbons (Fsp3) is 1.00. The quantitative estimate of drug-likeness (QED) is 0.571. The second-order valence-corrected chi connectivity index (χ2v) is 9.67. The second-order valence-electron chi connectivity index (χ2n) is 7.34. The minimum absolute atomic E-state index is 0.0379. The first-order chi connectivity index (χ1) is 10.7. The molecule has 2 aliphatic carbocycles. The van der Waals surface area contributed by atoms with Crippen LogP contribution in [0.15, 0.2) is 0 Å². The van der Waals surface area contributed by atoms with Crippen LogP contribution in [0.1, 0.15) is 100 Å². The molecule has 3 heteroatoms. The lowest BCUT2D eigenvalue weighted by Gasteiger charge is -2.50. The zero-order chi connectivity index (χ0) is 18.7. The zero-order valence-electron chi connectivity index (χ0n) is 17.4. The molecule has 0 saturated heterocycles. The Morgan fingerprint density at radius 2 is 1.35 bits per heavy atom. The van der Waals surface area contributed by atoms with Crippen LogP contribution in [0.2, 0.25) is 0 Å². The van der Waals surface area contributed by atoms with Crippen LogP contribution >= 0.6 is 0 Å². The van der Waals surface area contributed by atoms with E-state index in [9.17, 15) is 8.42 Å². The molecule has 0 radical (unpaired) electrons. The highest BCUT2D eigenvalue weighted by Crippen LogP contribution is 2.55. The van der Waals surface area contributed by atoms with Gasteiger partial charge in [0.15, 0.2) is 0 Å². The minimum atomic E-state index is -2.77. The van der Waals surface area contributed by atoms with Crippen LogP contribution in [0.3, 0.4) is 0 Å².